The summed E-state index contributed by atoms with van der Waals surface area (Å²) < 4.78 is 6.30. The number of furan rings is 1. The Kier molecular flexibility index (Phi) is 7.43. The maximum absolute atomic E-state index is 6.30. The van der Waals surface area contributed by atoms with Crippen molar-refractivity contribution < 1.29 is 4.42 Å². The monoisotopic (exact) mass is 677 g/mol. The van der Waals surface area contributed by atoms with Gasteiger partial charge in [0, 0.05) is 27.5 Å². The summed E-state index contributed by atoms with van der Waals surface area (Å²) in [5, 5.41) is 4.45. The van der Waals surface area contributed by atoms with Crippen LogP contribution in [0.25, 0.3) is 100 Å². The molecule has 10 aromatic rings. The summed E-state index contributed by atoms with van der Waals surface area (Å²) in [5.74, 6) is 1.87. The van der Waals surface area contributed by atoms with E-state index in [1.54, 1.807) is 0 Å². The van der Waals surface area contributed by atoms with Crippen molar-refractivity contribution in [1.82, 2.24) is 15.0 Å². The first-order valence-corrected chi connectivity index (χ1v) is 17.8. The van der Waals surface area contributed by atoms with Crippen LogP contribution < -0.4 is 0 Å². The standard InChI is InChI=1S/C49H31N3O/c1-3-12-32(13-4-1)33-22-24-34(25-23-33)35-26-28-37(29-27-35)48-50-47(36-14-5-2-6-15-36)51-49(52-48)39-30-38-16-7-8-17-40(38)43(31-39)41-19-11-21-45-46(41)42-18-9-10-20-44(42)53-45/h1-31H. The van der Waals surface area contributed by atoms with Gasteiger partial charge in [-0.25, -0.2) is 15.0 Å². The van der Waals surface area contributed by atoms with Gasteiger partial charge in [-0.3, -0.25) is 0 Å². The molecular formula is C49H31N3O. The number of hydrogen-bond donors (Lipinski definition) is 0. The van der Waals surface area contributed by atoms with Gasteiger partial charge in [-0.2, -0.15) is 0 Å². The smallest absolute Gasteiger partial charge is 0.164 e. The van der Waals surface area contributed by atoms with Crippen molar-refractivity contribution in [2.75, 3.05) is 0 Å². The highest BCUT2D eigenvalue weighted by molar-refractivity contribution is 6.15. The maximum Gasteiger partial charge on any atom is 0.164 e. The number of rotatable bonds is 6. The van der Waals surface area contributed by atoms with Crippen molar-refractivity contribution in [2.24, 2.45) is 0 Å². The molecule has 2 heterocycles. The van der Waals surface area contributed by atoms with Crippen LogP contribution in [-0.2, 0) is 0 Å². The fourth-order valence-electron chi connectivity index (χ4n) is 7.31. The van der Waals surface area contributed by atoms with Crippen LogP contribution in [0.15, 0.2) is 192 Å². The molecule has 248 valence electrons. The summed E-state index contributed by atoms with van der Waals surface area (Å²) >= 11 is 0. The zero-order chi connectivity index (χ0) is 35.1. The first kappa shape index (κ1) is 30.6. The summed E-state index contributed by atoms with van der Waals surface area (Å²) in [4.78, 5) is 15.3. The summed E-state index contributed by atoms with van der Waals surface area (Å²) in [5.41, 5.74) is 11.4. The highest BCUT2D eigenvalue weighted by Gasteiger charge is 2.18. The number of aromatic nitrogens is 3. The van der Waals surface area contributed by atoms with Gasteiger partial charge in [-0.15, -0.1) is 0 Å². The minimum absolute atomic E-state index is 0.616. The van der Waals surface area contributed by atoms with Gasteiger partial charge in [0.05, 0.1) is 0 Å². The van der Waals surface area contributed by atoms with Crippen molar-refractivity contribution in [3.63, 3.8) is 0 Å². The van der Waals surface area contributed by atoms with E-state index in [4.69, 9.17) is 19.4 Å². The number of nitrogens with zero attached hydrogens (tertiary/aromatic N) is 3. The first-order valence-electron chi connectivity index (χ1n) is 17.8. The largest absolute Gasteiger partial charge is 0.456 e. The normalized spacial score (nSPS) is 11.4. The maximum atomic E-state index is 6.30. The van der Waals surface area contributed by atoms with Gasteiger partial charge >= 0.3 is 0 Å². The molecule has 0 aliphatic carbocycles. The third-order valence-corrected chi connectivity index (χ3v) is 9.95. The molecule has 0 saturated carbocycles. The van der Waals surface area contributed by atoms with Crippen LogP contribution in [0.1, 0.15) is 0 Å². The molecule has 0 spiro atoms. The van der Waals surface area contributed by atoms with E-state index < -0.39 is 0 Å². The molecule has 0 saturated heterocycles. The van der Waals surface area contributed by atoms with E-state index in [1.165, 1.54) is 11.1 Å². The molecule has 0 atom stereocenters. The Morgan fingerprint density at radius 2 is 0.774 bits per heavy atom. The third kappa shape index (κ3) is 5.63. The second kappa shape index (κ2) is 12.9. The Morgan fingerprint density at radius 1 is 0.302 bits per heavy atom. The van der Waals surface area contributed by atoms with Gasteiger partial charge in [0.1, 0.15) is 11.2 Å². The SMILES string of the molecule is c1ccc(-c2ccc(-c3ccc(-c4nc(-c5ccccc5)nc(-c5cc(-c6cccc7oc8ccccc8c67)c6ccccc6c5)n4)cc3)cc2)cc1. The van der Waals surface area contributed by atoms with Crippen LogP contribution in [0.3, 0.4) is 0 Å². The minimum Gasteiger partial charge on any atom is -0.456 e. The Hall–Kier alpha value is -7.17. The molecule has 2 aromatic heterocycles. The van der Waals surface area contributed by atoms with Crippen LogP contribution in [0.5, 0.6) is 0 Å². The van der Waals surface area contributed by atoms with Crippen LogP contribution in [0.2, 0.25) is 0 Å². The van der Waals surface area contributed by atoms with E-state index in [-0.39, 0.29) is 0 Å². The average molecular weight is 678 g/mol. The molecule has 0 aliphatic heterocycles. The molecule has 4 heteroatoms. The summed E-state index contributed by atoms with van der Waals surface area (Å²) in [7, 11) is 0. The van der Waals surface area contributed by atoms with E-state index in [0.29, 0.717) is 17.5 Å². The predicted octanol–water partition coefficient (Wildman–Crippen LogP) is 12.9. The summed E-state index contributed by atoms with van der Waals surface area (Å²) in [6.07, 6.45) is 0. The quantitative estimate of drug-likeness (QED) is 0.176. The second-order valence-electron chi connectivity index (χ2n) is 13.2. The lowest BCUT2D eigenvalue weighted by Gasteiger charge is -2.13. The highest BCUT2D eigenvalue weighted by Crippen LogP contribution is 2.41. The van der Waals surface area contributed by atoms with Crippen LogP contribution in [-0.4, -0.2) is 15.0 Å². The molecule has 0 radical (unpaired) electrons. The van der Waals surface area contributed by atoms with Crippen molar-refractivity contribution in [1.29, 1.82) is 0 Å². The van der Waals surface area contributed by atoms with Crippen molar-refractivity contribution in [3.05, 3.63) is 188 Å². The van der Waals surface area contributed by atoms with Gasteiger partial charge in [-0.1, -0.05) is 164 Å². The predicted molar refractivity (Wildman–Crippen MR) is 217 cm³/mol. The summed E-state index contributed by atoms with van der Waals surface area (Å²) in [6.45, 7) is 0. The molecule has 0 unspecified atom stereocenters. The van der Waals surface area contributed by atoms with E-state index in [2.05, 4.69) is 133 Å². The lowest BCUT2D eigenvalue weighted by Crippen LogP contribution is -2.00. The number of hydrogen-bond acceptors (Lipinski definition) is 4. The van der Waals surface area contributed by atoms with Gasteiger partial charge in [0.25, 0.3) is 0 Å². The fraction of sp³-hybridized carbons (Fsp3) is 0. The highest BCUT2D eigenvalue weighted by atomic mass is 16.3. The third-order valence-electron chi connectivity index (χ3n) is 9.95. The van der Waals surface area contributed by atoms with E-state index in [1.807, 2.05) is 54.6 Å². The number of fused-ring (bicyclic) bond motifs is 4. The molecule has 8 aromatic carbocycles. The Morgan fingerprint density at radius 3 is 1.43 bits per heavy atom. The van der Waals surface area contributed by atoms with Gasteiger partial charge < -0.3 is 4.42 Å². The molecule has 0 bridgehead atoms. The molecule has 53 heavy (non-hydrogen) atoms. The van der Waals surface area contributed by atoms with Crippen molar-refractivity contribution in [2.45, 2.75) is 0 Å². The Labute approximate surface area is 306 Å². The van der Waals surface area contributed by atoms with Gasteiger partial charge in [0.15, 0.2) is 17.5 Å². The van der Waals surface area contributed by atoms with E-state index in [0.717, 1.165) is 71.7 Å². The molecule has 0 fully saturated rings. The van der Waals surface area contributed by atoms with Crippen molar-refractivity contribution in [3.8, 4) is 67.5 Å². The Balaban J connectivity index is 1.10. The molecule has 0 amide bonds. The molecule has 10 rings (SSSR count). The zero-order valence-electron chi connectivity index (χ0n) is 28.6. The van der Waals surface area contributed by atoms with E-state index >= 15 is 0 Å². The fourth-order valence-corrected chi connectivity index (χ4v) is 7.31. The van der Waals surface area contributed by atoms with Gasteiger partial charge in [-0.05, 0) is 68.4 Å². The van der Waals surface area contributed by atoms with Crippen LogP contribution >= 0.6 is 0 Å². The second-order valence-corrected chi connectivity index (χ2v) is 13.2. The molecule has 4 nitrogen and oxygen atoms in total. The lowest BCUT2D eigenvalue weighted by molar-refractivity contribution is 0.669. The zero-order valence-corrected chi connectivity index (χ0v) is 28.6. The first-order chi connectivity index (χ1) is 26.2. The number of benzene rings is 8. The average Bonchev–Trinajstić information content (AvgIpc) is 3.63. The molecule has 0 N–H and O–H groups in total. The topological polar surface area (TPSA) is 51.8 Å². The number of para-hydroxylation sites is 1. The lowest BCUT2D eigenvalue weighted by atomic mass is 9.92. The Bertz CT molecular complexity index is 2910. The van der Waals surface area contributed by atoms with Crippen LogP contribution in [0.4, 0.5) is 0 Å². The molecular weight excluding hydrogens is 647 g/mol. The van der Waals surface area contributed by atoms with Crippen molar-refractivity contribution >= 4 is 32.7 Å². The summed E-state index contributed by atoms with van der Waals surface area (Å²) in [6, 6.07) is 65.2. The van der Waals surface area contributed by atoms with Gasteiger partial charge in [0.2, 0.25) is 0 Å². The molecule has 0 aliphatic rings. The van der Waals surface area contributed by atoms with Crippen LogP contribution in [0, 0.1) is 0 Å². The minimum atomic E-state index is 0.616. The van der Waals surface area contributed by atoms with E-state index in [9.17, 15) is 0 Å².